The summed E-state index contributed by atoms with van der Waals surface area (Å²) >= 11 is 0. The Hall–Kier alpha value is -2.17. The summed E-state index contributed by atoms with van der Waals surface area (Å²) < 4.78 is 0. The molecule has 26 heavy (non-hydrogen) atoms. The molecule has 138 valence electrons. The van der Waals surface area contributed by atoms with Gasteiger partial charge in [-0.25, -0.2) is 4.79 Å². The second-order valence-electron chi connectivity index (χ2n) is 8.27. The van der Waals surface area contributed by atoms with Crippen molar-refractivity contribution in [1.29, 1.82) is 0 Å². The van der Waals surface area contributed by atoms with Gasteiger partial charge in [0.15, 0.2) is 0 Å². The van der Waals surface area contributed by atoms with E-state index in [1.165, 1.54) is 16.7 Å². The first kappa shape index (κ1) is 18.6. The van der Waals surface area contributed by atoms with Gasteiger partial charge in [-0.05, 0) is 46.8 Å². The lowest BCUT2D eigenvalue weighted by molar-refractivity contribution is 0.0696. The minimum absolute atomic E-state index is 0.0723. The Balaban J connectivity index is 2.13. The molecule has 0 bridgehead atoms. The number of rotatable bonds is 3. The fourth-order valence-electron chi connectivity index (χ4n) is 3.88. The molecule has 1 aliphatic heterocycles. The number of carboxylic acid groups (broad SMARTS) is 1. The first-order chi connectivity index (χ1) is 12.2. The number of likely N-dealkylation sites (N-methyl/N-ethyl adjacent to an activating group) is 1. The Morgan fingerprint density at radius 3 is 2.54 bits per heavy atom. The monoisotopic (exact) mass is 352 g/mol. The molecule has 3 rings (SSSR count). The molecule has 0 aromatic heterocycles. The summed E-state index contributed by atoms with van der Waals surface area (Å²) in [6.07, 6.45) is 0. The van der Waals surface area contributed by atoms with Gasteiger partial charge in [-0.15, -0.1) is 0 Å². The first-order valence-corrected chi connectivity index (χ1v) is 9.10. The van der Waals surface area contributed by atoms with Crippen molar-refractivity contribution >= 4 is 5.97 Å². The van der Waals surface area contributed by atoms with Crippen LogP contribution in [0.25, 0.3) is 0 Å². The van der Waals surface area contributed by atoms with E-state index in [4.69, 9.17) is 5.73 Å². The molecule has 0 amide bonds. The first-order valence-electron chi connectivity index (χ1n) is 9.10. The quantitative estimate of drug-likeness (QED) is 0.883. The van der Waals surface area contributed by atoms with Crippen LogP contribution in [0.4, 0.5) is 0 Å². The molecule has 4 nitrogen and oxygen atoms in total. The van der Waals surface area contributed by atoms with Crippen molar-refractivity contribution in [2.75, 3.05) is 20.1 Å². The van der Waals surface area contributed by atoms with Gasteiger partial charge < -0.3 is 10.8 Å². The Labute approximate surface area is 155 Å². The van der Waals surface area contributed by atoms with Crippen molar-refractivity contribution in [2.45, 2.75) is 38.1 Å². The highest BCUT2D eigenvalue weighted by Crippen LogP contribution is 2.40. The summed E-state index contributed by atoms with van der Waals surface area (Å²) in [5, 5.41) is 9.33. The molecule has 0 spiro atoms. The van der Waals surface area contributed by atoms with Crippen LogP contribution >= 0.6 is 0 Å². The van der Waals surface area contributed by atoms with Gasteiger partial charge in [0, 0.05) is 25.0 Å². The van der Waals surface area contributed by atoms with Crippen LogP contribution < -0.4 is 5.73 Å². The molecule has 2 unspecified atom stereocenters. The zero-order chi connectivity index (χ0) is 19.1. The number of hydrogen-bond acceptors (Lipinski definition) is 3. The average molecular weight is 352 g/mol. The molecular weight excluding hydrogens is 324 g/mol. The molecule has 2 aromatic carbocycles. The molecule has 0 radical (unpaired) electrons. The number of carboxylic acids is 1. The molecule has 3 N–H and O–H groups in total. The van der Waals surface area contributed by atoms with Crippen LogP contribution in [-0.2, 0) is 5.41 Å². The van der Waals surface area contributed by atoms with Crippen molar-refractivity contribution in [3.8, 4) is 0 Å². The van der Waals surface area contributed by atoms with Gasteiger partial charge in [0.1, 0.15) is 0 Å². The van der Waals surface area contributed by atoms with Crippen LogP contribution in [0.15, 0.2) is 42.5 Å². The number of aromatic carboxylic acids is 1. The highest BCUT2D eigenvalue weighted by molar-refractivity contribution is 5.87. The van der Waals surface area contributed by atoms with E-state index in [2.05, 4.69) is 50.9 Å². The number of hydrogen-bond donors (Lipinski definition) is 2. The van der Waals surface area contributed by atoms with E-state index in [9.17, 15) is 9.90 Å². The minimum atomic E-state index is -0.890. The summed E-state index contributed by atoms with van der Waals surface area (Å²) in [7, 11) is 2.10. The van der Waals surface area contributed by atoms with Crippen LogP contribution in [0.3, 0.4) is 0 Å². The average Bonchev–Trinajstić information content (AvgIpc) is 2.60. The van der Waals surface area contributed by atoms with Gasteiger partial charge in [-0.1, -0.05) is 51.1 Å². The van der Waals surface area contributed by atoms with Crippen molar-refractivity contribution in [3.63, 3.8) is 0 Å². The third kappa shape index (κ3) is 3.39. The maximum absolute atomic E-state index is 11.4. The van der Waals surface area contributed by atoms with Crippen LogP contribution in [0.1, 0.15) is 65.3 Å². The van der Waals surface area contributed by atoms with Crippen LogP contribution in [0.5, 0.6) is 0 Å². The van der Waals surface area contributed by atoms with Crippen molar-refractivity contribution in [1.82, 2.24) is 4.90 Å². The van der Waals surface area contributed by atoms with Gasteiger partial charge in [0.05, 0.1) is 5.56 Å². The maximum atomic E-state index is 11.4. The number of nitrogens with zero attached hydrogens (tertiary/aromatic N) is 1. The van der Waals surface area contributed by atoms with E-state index in [1.54, 1.807) is 12.1 Å². The van der Waals surface area contributed by atoms with E-state index in [0.29, 0.717) is 12.1 Å². The number of benzene rings is 2. The van der Waals surface area contributed by atoms with Crippen molar-refractivity contribution in [2.24, 2.45) is 5.73 Å². The number of carbonyl (C=O) groups is 1. The highest BCUT2D eigenvalue weighted by Gasteiger charge is 2.32. The van der Waals surface area contributed by atoms with Crippen molar-refractivity contribution < 1.29 is 9.90 Å². The third-order valence-electron chi connectivity index (χ3n) is 5.45. The molecule has 0 saturated heterocycles. The van der Waals surface area contributed by atoms with E-state index in [-0.39, 0.29) is 17.4 Å². The van der Waals surface area contributed by atoms with Crippen LogP contribution in [-0.4, -0.2) is 36.1 Å². The normalized spacial score (nSPS) is 20.7. The molecular formula is C22H28N2O2. The summed E-state index contributed by atoms with van der Waals surface area (Å²) in [5.41, 5.74) is 11.4. The number of fused-ring (bicyclic) bond motifs is 1. The SMILES string of the molecule is CN1CC(c2cccc(C(=O)O)c2)c2ccc(C(C)(C)C)cc2C1CN. The Morgan fingerprint density at radius 2 is 1.92 bits per heavy atom. The Kier molecular flexibility index (Phi) is 4.91. The largest absolute Gasteiger partial charge is 0.478 e. The predicted molar refractivity (Wildman–Crippen MR) is 105 cm³/mol. The molecule has 0 saturated carbocycles. The topological polar surface area (TPSA) is 66.6 Å². The smallest absolute Gasteiger partial charge is 0.335 e. The standard InChI is InChI=1S/C22H28N2O2/c1-22(2,3)16-8-9-17-18(11-16)20(12-23)24(4)13-19(17)14-6-5-7-15(10-14)21(25)26/h5-11,19-20H,12-13,23H2,1-4H3,(H,25,26). The molecule has 0 aliphatic carbocycles. The molecule has 2 atom stereocenters. The summed E-state index contributed by atoms with van der Waals surface area (Å²) in [5.74, 6) is -0.745. The van der Waals surface area contributed by atoms with Crippen LogP contribution in [0, 0.1) is 0 Å². The fraction of sp³-hybridized carbons (Fsp3) is 0.409. The molecule has 2 aromatic rings. The lowest BCUT2D eigenvalue weighted by Crippen LogP contribution is -2.39. The molecule has 4 heteroatoms. The second kappa shape index (κ2) is 6.86. The zero-order valence-electron chi connectivity index (χ0n) is 16.0. The summed E-state index contributed by atoms with van der Waals surface area (Å²) in [6.45, 7) is 8.04. The summed E-state index contributed by atoms with van der Waals surface area (Å²) in [6, 6.07) is 14.2. The molecule has 1 heterocycles. The lowest BCUT2D eigenvalue weighted by Gasteiger charge is -2.40. The molecule has 0 fully saturated rings. The Morgan fingerprint density at radius 1 is 1.19 bits per heavy atom. The van der Waals surface area contributed by atoms with E-state index < -0.39 is 5.97 Å². The molecule has 1 aliphatic rings. The van der Waals surface area contributed by atoms with Gasteiger partial charge in [-0.2, -0.15) is 0 Å². The van der Waals surface area contributed by atoms with Gasteiger partial charge >= 0.3 is 5.97 Å². The second-order valence-corrected chi connectivity index (χ2v) is 8.27. The van der Waals surface area contributed by atoms with Gasteiger partial charge in [0.2, 0.25) is 0 Å². The van der Waals surface area contributed by atoms with E-state index in [0.717, 1.165) is 12.1 Å². The van der Waals surface area contributed by atoms with E-state index in [1.807, 2.05) is 12.1 Å². The lowest BCUT2D eigenvalue weighted by atomic mass is 9.77. The van der Waals surface area contributed by atoms with Gasteiger partial charge in [0.25, 0.3) is 0 Å². The predicted octanol–water partition coefficient (Wildman–Crippen LogP) is 3.76. The zero-order valence-corrected chi connectivity index (χ0v) is 16.0. The Bertz CT molecular complexity index is 823. The minimum Gasteiger partial charge on any atom is -0.478 e. The number of nitrogens with two attached hydrogens (primary N) is 1. The van der Waals surface area contributed by atoms with Crippen molar-refractivity contribution in [3.05, 3.63) is 70.3 Å². The van der Waals surface area contributed by atoms with Crippen LogP contribution in [0.2, 0.25) is 0 Å². The fourth-order valence-corrected chi connectivity index (χ4v) is 3.88. The maximum Gasteiger partial charge on any atom is 0.335 e. The highest BCUT2D eigenvalue weighted by atomic mass is 16.4. The summed E-state index contributed by atoms with van der Waals surface area (Å²) in [4.78, 5) is 13.7. The van der Waals surface area contributed by atoms with Gasteiger partial charge in [-0.3, -0.25) is 4.90 Å². The van der Waals surface area contributed by atoms with E-state index >= 15 is 0 Å². The third-order valence-corrected chi connectivity index (χ3v) is 5.45.